The van der Waals surface area contributed by atoms with Crippen LogP contribution in [0.3, 0.4) is 0 Å². The highest BCUT2D eigenvalue weighted by molar-refractivity contribution is 5.94. The molecule has 0 saturated carbocycles. The molecule has 17 heavy (non-hydrogen) atoms. The van der Waals surface area contributed by atoms with Crippen molar-refractivity contribution in [2.24, 2.45) is 0 Å². The highest BCUT2D eigenvalue weighted by atomic mass is 16.1. The van der Waals surface area contributed by atoms with E-state index in [2.05, 4.69) is 30.5 Å². The standard InChI is InChI=1S/C14H22N2O/c1-10(2)15-5-6-16-14(17)13-8-11(3)7-12(4)9-13/h7-10,15H,5-6H2,1-4H3,(H,16,17). The Hall–Kier alpha value is -1.35. The van der Waals surface area contributed by atoms with Crippen molar-refractivity contribution in [1.82, 2.24) is 10.6 Å². The van der Waals surface area contributed by atoms with Gasteiger partial charge in [0.25, 0.3) is 5.91 Å². The summed E-state index contributed by atoms with van der Waals surface area (Å²) in [6.07, 6.45) is 0. The maximum atomic E-state index is 11.9. The van der Waals surface area contributed by atoms with Crippen LogP contribution in [-0.4, -0.2) is 25.0 Å². The zero-order valence-corrected chi connectivity index (χ0v) is 11.1. The number of nitrogens with one attached hydrogen (secondary N) is 2. The van der Waals surface area contributed by atoms with Crippen molar-refractivity contribution in [3.8, 4) is 0 Å². The third kappa shape index (κ3) is 5.00. The van der Waals surface area contributed by atoms with Crippen LogP contribution in [0.1, 0.15) is 35.3 Å². The van der Waals surface area contributed by atoms with Gasteiger partial charge in [0.05, 0.1) is 0 Å². The van der Waals surface area contributed by atoms with Crippen molar-refractivity contribution in [3.63, 3.8) is 0 Å². The van der Waals surface area contributed by atoms with Gasteiger partial charge in [-0.15, -0.1) is 0 Å². The Morgan fingerprint density at radius 3 is 2.24 bits per heavy atom. The lowest BCUT2D eigenvalue weighted by atomic mass is 10.1. The van der Waals surface area contributed by atoms with E-state index < -0.39 is 0 Å². The summed E-state index contributed by atoms with van der Waals surface area (Å²) in [4.78, 5) is 11.9. The van der Waals surface area contributed by atoms with Crippen molar-refractivity contribution in [1.29, 1.82) is 0 Å². The quantitative estimate of drug-likeness (QED) is 0.765. The largest absolute Gasteiger partial charge is 0.351 e. The highest BCUT2D eigenvalue weighted by Gasteiger charge is 2.05. The molecule has 0 heterocycles. The summed E-state index contributed by atoms with van der Waals surface area (Å²) in [5, 5.41) is 6.17. The van der Waals surface area contributed by atoms with Crippen molar-refractivity contribution in [2.75, 3.05) is 13.1 Å². The molecular formula is C14H22N2O. The average molecular weight is 234 g/mol. The molecule has 0 fully saturated rings. The van der Waals surface area contributed by atoms with Crippen molar-refractivity contribution in [3.05, 3.63) is 34.9 Å². The van der Waals surface area contributed by atoms with E-state index in [0.29, 0.717) is 12.6 Å². The first-order chi connectivity index (χ1) is 7.99. The fourth-order valence-electron chi connectivity index (χ4n) is 1.74. The highest BCUT2D eigenvalue weighted by Crippen LogP contribution is 2.08. The molecule has 0 radical (unpaired) electrons. The van der Waals surface area contributed by atoms with E-state index in [-0.39, 0.29) is 5.91 Å². The Morgan fingerprint density at radius 1 is 1.12 bits per heavy atom. The second kappa shape index (κ2) is 6.40. The summed E-state index contributed by atoms with van der Waals surface area (Å²) in [6.45, 7) is 9.64. The summed E-state index contributed by atoms with van der Waals surface area (Å²) < 4.78 is 0. The van der Waals surface area contributed by atoms with Crippen LogP contribution < -0.4 is 10.6 Å². The molecule has 0 spiro atoms. The van der Waals surface area contributed by atoms with Gasteiger partial charge in [0.15, 0.2) is 0 Å². The molecule has 0 unspecified atom stereocenters. The van der Waals surface area contributed by atoms with Crippen LogP contribution in [0, 0.1) is 13.8 Å². The predicted molar refractivity (Wildman–Crippen MR) is 71.4 cm³/mol. The number of hydrogen-bond donors (Lipinski definition) is 2. The van der Waals surface area contributed by atoms with Gasteiger partial charge in [-0.2, -0.15) is 0 Å². The van der Waals surface area contributed by atoms with E-state index in [1.54, 1.807) is 0 Å². The second-order valence-electron chi connectivity index (χ2n) is 4.74. The molecule has 1 amide bonds. The van der Waals surface area contributed by atoms with Gasteiger partial charge < -0.3 is 10.6 Å². The van der Waals surface area contributed by atoms with Crippen molar-refractivity contribution in [2.45, 2.75) is 33.7 Å². The molecule has 3 heteroatoms. The number of carbonyl (C=O) groups excluding carboxylic acids is 1. The maximum absolute atomic E-state index is 11.9. The topological polar surface area (TPSA) is 41.1 Å². The van der Waals surface area contributed by atoms with E-state index in [1.165, 1.54) is 0 Å². The van der Waals surface area contributed by atoms with Crippen LogP contribution in [0.15, 0.2) is 18.2 Å². The molecular weight excluding hydrogens is 212 g/mol. The van der Waals surface area contributed by atoms with E-state index in [9.17, 15) is 4.79 Å². The Kier molecular flexibility index (Phi) is 5.16. The molecule has 1 aromatic rings. The number of amides is 1. The lowest BCUT2D eigenvalue weighted by Gasteiger charge is -2.10. The molecule has 0 saturated heterocycles. The minimum absolute atomic E-state index is 0.00218. The van der Waals surface area contributed by atoms with E-state index in [1.807, 2.05) is 26.0 Å². The number of rotatable bonds is 5. The summed E-state index contributed by atoms with van der Waals surface area (Å²) >= 11 is 0. The smallest absolute Gasteiger partial charge is 0.251 e. The summed E-state index contributed by atoms with van der Waals surface area (Å²) in [6, 6.07) is 6.35. The van der Waals surface area contributed by atoms with Gasteiger partial charge in [-0.3, -0.25) is 4.79 Å². The lowest BCUT2D eigenvalue weighted by Crippen LogP contribution is -2.34. The number of benzene rings is 1. The molecule has 3 nitrogen and oxygen atoms in total. The van der Waals surface area contributed by atoms with E-state index in [4.69, 9.17) is 0 Å². The molecule has 1 rings (SSSR count). The van der Waals surface area contributed by atoms with Gasteiger partial charge in [0.1, 0.15) is 0 Å². The average Bonchev–Trinajstić information content (AvgIpc) is 2.22. The summed E-state index contributed by atoms with van der Waals surface area (Å²) in [7, 11) is 0. The zero-order valence-electron chi connectivity index (χ0n) is 11.1. The van der Waals surface area contributed by atoms with Crippen molar-refractivity contribution >= 4 is 5.91 Å². The van der Waals surface area contributed by atoms with E-state index >= 15 is 0 Å². The Morgan fingerprint density at radius 2 is 1.71 bits per heavy atom. The normalized spacial score (nSPS) is 10.6. The molecule has 2 N–H and O–H groups in total. The van der Waals surface area contributed by atoms with E-state index in [0.717, 1.165) is 23.2 Å². The minimum Gasteiger partial charge on any atom is -0.351 e. The SMILES string of the molecule is Cc1cc(C)cc(C(=O)NCCNC(C)C)c1. The van der Waals surface area contributed by atoms with Crippen LogP contribution in [0.4, 0.5) is 0 Å². The number of carbonyl (C=O) groups is 1. The van der Waals surface area contributed by atoms with Crippen LogP contribution >= 0.6 is 0 Å². The van der Waals surface area contributed by atoms with Crippen molar-refractivity contribution < 1.29 is 4.79 Å². The first-order valence-corrected chi connectivity index (χ1v) is 6.09. The molecule has 0 aliphatic rings. The third-order valence-electron chi connectivity index (χ3n) is 2.45. The Bertz CT molecular complexity index is 366. The van der Waals surface area contributed by atoms with Crippen LogP contribution in [-0.2, 0) is 0 Å². The minimum atomic E-state index is 0.00218. The molecule has 0 aliphatic carbocycles. The Balaban J connectivity index is 2.47. The lowest BCUT2D eigenvalue weighted by molar-refractivity contribution is 0.0953. The predicted octanol–water partition coefficient (Wildman–Crippen LogP) is 2.03. The van der Waals surface area contributed by atoms with Gasteiger partial charge in [-0.25, -0.2) is 0 Å². The fraction of sp³-hybridized carbons (Fsp3) is 0.500. The second-order valence-corrected chi connectivity index (χ2v) is 4.74. The maximum Gasteiger partial charge on any atom is 0.251 e. The molecule has 0 aromatic heterocycles. The number of hydrogen-bond acceptors (Lipinski definition) is 2. The fourth-order valence-corrected chi connectivity index (χ4v) is 1.74. The van der Waals surface area contributed by atoms with Gasteiger partial charge >= 0.3 is 0 Å². The third-order valence-corrected chi connectivity index (χ3v) is 2.45. The summed E-state index contributed by atoms with van der Waals surface area (Å²) in [5.41, 5.74) is 2.98. The molecule has 0 atom stereocenters. The first-order valence-electron chi connectivity index (χ1n) is 6.09. The zero-order chi connectivity index (χ0) is 12.8. The van der Waals surface area contributed by atoms with Crippen LogP contribution in [0.2, 0.25) is 0 Å². The Labute approximate surface area is 104 Å². The monoisotopic (exact) mass is 234 g/mol. The van der Waals surface area contributed by atoms with Gasteiger partial charge in [-0.05, 0) is 26.0 Å². The number of aryl methyl sites for hydroxylation is 2. The molecule has 94 valence electrons. The molecule has 1 aromatic carbocycles. The first kappa shape index (κ1) is 13.7. The van der Waals surface area contributed by atoms with Crippen LogP contribution in [0.25, 0.3) is 0 Å². The molecule has 0 aliphatic heterocycles. The summed E-state index contributed by atoms with van der Waals surface area (Å²) in [5.74, 6) is 0.00218. The van der Waals surface area contributed by atoms with Crippen LogP contribution in [0.5, 0.6) is 0 Å². The van der Waals surface area contributed by atoms with Gasteiger partial charge in [-0.1, -0.05) is 31.0 Å². The van der Waals surface area contributed by atoms with Gasteiger partial charge in [0.2, 0.25) is 0 Å². The van der Waals surface area contributed by atoms with Gasteiger partial charge in [0, 0.05) is 24.7 Å². The molecule has 0 bridgehead atoms.